The van der Waals surface area contributed by atoms with Crippen LogP contribution in [0.1, 0.15) is 64.5 Å². The van der Waals surface area contributed by atoms with Crippen molar-refractivity contribution in [1.29, 1.82) is 0 Å². The Kier molecular flexibility index (Phi) is 5.62. The molecule has 2 N–H and O–H groups in total. The van der Waals surface area contributed by atoms with Crippen molar-refractivity contribution in [3.63, 3.8) is 0 Å². The molecular formula is C16H27N3O. The quantitative estimate of drug-likeness (QED) is 0.828. The van der Waals surface area contributed by atoms with E-state index in [1.807, 2.05) is 6.07 Å². The van der Waals surface area contributed by atoms with Crippen molar-refractivity contribution in [2.45, 2.75) is 65.2 Å². The number of amides is 1. The van der Waals surface area contributed by atoms with E-state index in [-0.39, 0.29) is 11.8 Å². The standard InChI is InChI=1S/C16H27N3O/c1-3-5-6-12-7-9-13(10-8-12)16(20)17-15-11-14(4-2)18-19-15/h11-13H,3-10H2,1-2H3,(H2,17,18,19,20). The molecular weight excluding hydrogens is 250 g/mol. The van der Waals surface area contributed by atoms with E-state index in [9.17, 15) is 4.79 Å². The van der Waals surface area contributed by atoms with Crippen molar-refractivity contribution in [3.05, 3.63) is 11.8 Å². The monoisotopic (exact) mass is 277 g/mol. The lowest BCUT2D eigenvalue weighted by Gasteiger charge is -2.27. The number of H-pyrrole nitrogens is 1. The molecule has 1 amide bonds. The summed E-state index contributed by atoms with van der Waals surface area (Å²) in [6.45, 7) is 4.31. The summed E-state index contributed by atoms with van der Waals surface area (Å²) in [4.78, 5) is 12.2. The van der Waals surface area contributed by atoms with Gasteiger partial charge in [0.1, 0.15) is 0 Å². The summed E-state index contributed by atoms with van der Waals surface area (Å²) in [7, 11) is 0. The van der Waals surface area contributed by atoms with Crippen LogP contribution in [0.2, 0.25) is 0 Å². The van der Waals surface area contributed by atoms with Crippen LogP contribution in [-0.2, 0) is 11.2 Å². The maximum absolute atomic E-state index is 12.2. The minimum atomic E-state index is 0.146. The first-order chi connectivity index (χ1) is 9.72. The molecule has 1 aliphatic carbocycles. The fourth-order valence-electron chi connectivity index (χ4n) is 3.04. The molecule has 1 fully saturated rings. The van der Waals surface area contributed by atoms with Crippen LogP contribution in [-0.4, -0.2) is 16.1 Å². The van der Waals surface area contributed by atoms with Gasteiger partial charge in [0.2, 0.25) is 5.91 Å². The molecule has 0 radical (unpaired) electrons. The van der Waals surface area contributed by atoms with Gasteiger partial charge in [-0.05, 0) is 38.0 Å². The lowest BCUT2D eigenvalue weighted by molar-refractivity contribution is -0.121. The summed E-state index contributed by atoms with van der Waals surface area (Å²) in [5.41, 5.74) is 1.06. The summed E-state index contributed by atoms with van der Waals surface area (Å²) in [5, 5.41) is 9.99. The summed E-state index contributed by atoms with van der Waals surface area (Å²) in [5.74, 6) is 1.83. The number of carbonyl (C=O) groups excluding carboxylic acids is 1. The molecule has 4 heteroatoms. The molecule has 112 valence electrons. The maximum atomic E-state index is 12.2. The second-order valence-electron chi connectivity index (χ2n) is 5.98. The van der Waals surface area contributed by atoms with Crippen LogP contribution in [0.3, 0.4) is 0 Å². The van der Waals surface area contributed by atoms with Gasteiger partial charge in [-0.2, -0.15) is 5.10 Å². The third kappa shape index (κ3) is 4.09. The number of unbranched alkanes of at least 4 members (excludes halogenated alkanes) is 1. The van der Waals surface area contributed by atoms with E-state index >= 15 is 0 Å². The molecule has 4 nitrogen and oxygen atoms in total. The summed E-state index contributed by atoms with van der Waals surface area (Å²) in [6, 6.07) is 1.92. The summed E-state index contributed by atoms with van der Waals surface area (Å²) >= 11 is 0. The molecule has 0 atom stereocenters. The van der Waals surface area contributed by atoms with Gasteiger partial charge >= 0.3 is 0 Å². The van der Waals surface area contributed by atoms with Crippen molar-refractivity contribution in [3.8, 4) is 0 Å². The highest BCUT2D eigenvalue weighted by atomic mass is 16.1. The minimum absolute atomic E-state index is 0.146. The number of carbonyl (C=O) groups is 1. The number of aromatic nitrogens is 2. The molecule has 0 saturated heterocycles. The zero-order valence-corrected chi connectivity index (χ0v) is 12.7. The van der Waals surface area contributed by atoms with Gasteiger partial charge in [0, 0.05) is 17.7 Å². The number of aryl methyl sites for hydroxylation is 1. The smallest absolute Gasteiger partial charge is 0.228 e. The molecule has 1 aliphatic rings. The van der Waals surface area contributed by atoms with E-state index in [2.05, 4.69) is 29.4 Å². The zero-order valence-electron chi connectivity index (χ0n) is 12.7. The Morgan fingerprint density at radius 2 is 2.10 bits per heavy atom. The van der Waals surface area contributed by atoms with E-state index in [4.69, 9.17) is 0 Å². The van der Waals surface area contributed by atoms with Crippen LogP contribution in [0.25, 0.3) is 0 Å². The topological polar surface area (TPSA) is 57.8 Å². The van der Waals surface area contributed by atoms with Crippen molar-refractivity contribution in [1.82, 2.24) is 10.2 Å². The van der Waals surface area contributed by atoms with Crippen molar-refractivity contribution < 1.29 is 4.79 Å². The largest absolute Gasteiger partial charge is 0.309 e. The first-order valence-electron chi connectivity index (χ1n) is 8.08. The molecule has 2 rings (SSSR count). The van der Waals surface area contributed by atoms with Crippen molar-refractivity contribution >= 4 is 11.7 Å². The molecule has 1 heterocycles. The molecule has 0 bridgehead atoms. The fourth-order valence-corrected chi connectivity index (χ4v) is 3.04. The predicted octanol–water partition coefficient (Wildman–Crippen LogP) is 3.91. The van der Waals surface area contributed by atoms with Crippen LogP contribution in [0.15, 0.2) is 6.07 Å². The number of hydrogen-bond donors (Lipinski definition) is 2. The maximum Gasteiger partial charge on any atom is 0.228 e. The first-order valence-corrected chi connectivity index (χ1v) is 8.08. The van der Waals surface area contributed by atoms with Gasteiger partial charge in [-0.25, -0.2) is 0 Å². The number of anilines is 1. The highest BCUT2D eigenvalue weighted by molar-refractivity contribution is 5.91. The van der Waals surface area contributed by atoms with Gasteiger partial charge in [-0.3, -0.25) is 9.89 Å². The van der Waals surface area contributed by atoms with Gasteiger partial charge in [0.25, 0.3) is 0 Å². The second-order valence-corrected chi connectivity index (χ2v) is 5.98. The Bertz CT molecular complexity index is 419. The highest BCUT2D eigenvalue weighted by Gasteiger charge is 2.26. The average molecular weight is 277 g/mol. The fraction of sp³-hybridized carbons (Fsp3) is 0.750. The summed E-state index contributed by atoms with van der Waals surface area (Å²) < 4.78 is 0. The predicted molar refractivity (Wildman–Crippen MR) is 81.6 cm³/mol. The van der Waals surface area contributed by atoms with E-state index in [1.165, 1.54) is 32.1 Å². The van der Waals surface area contributed by atoms with Gasteiger partial charge in [-0.15, -0.1) is 0 Å². The van der Waals surface area contributed by atoms with Gasteiger partial charge in [-0.1, -0.05) is 33.1 Å². The Morgan fingerprint density at radius 1 is 1.35 bits per heavy atom. The third-order valence-corrected chi connectivity index (χ3v) is 4.45. The number of aromatic amines is 1. The first kappa shape index (κ1) is 15.1. The van der Waals surface area contributed by atoms with E-state index in [0.29, 0.717) is 5.82 Å². The van der Waals surface area contributed by atoms with E-state index in [1.54, 1.807) is 0 Å². The molecule has 1 aromatic rings. The second kappa shape index (κ2) is 7.46. The summed E-state index contributed by atoms with van der Waals surface area (Å²) in [6.07, 6.45) is 9.33. The Morgan fingerprint density at radius 3 is 2.70 bits per heavy atom. The molecule has 0 spiro atoms. The average Bonchev–Trinajstić information content (AvgIpc) is 2.93. The van der Waals surface area contributed by atoms with Crippen LogP contribution in [0, 0.1) is 11.8 Å². The van der Waals surface area contributed by atoms with Crippen LogP contribution < -0.4 is 5.32 Å². The minimum Gasteiger partial charge on any atom is -0.309 e. The van der Waals surface area contributed by atoms with Crippen molar-refractivity contribution in [2.75, 3.05) is 5.32 Å². The van der Waals surface area contributed by atoms with E-state index in [0.717, 1.165) is 30.9 Å². The third-order valence-electron chi connectivity index (χ3n) is 4.45. The molecule has 1 saturated carbocycles. The van der Waals surface area contributed by atoms with Gasteiger partial charge in [0.15, 0.2) is 5.82 Å². The molecule has 0 unspecified atom stereocenters. The number of nitrogens with zero attached hydrogens (tertiary/aromatic N) is 1. The number of hydrogen-bond acceptors (Lipinski definition) is 2. The van der Waals surface area contributed by atoms with Gasteiger partial charge in [0.05, 0.1) is 0 Å². The number of rotatable bonds is 6. The number of nitrogens with one attached hydrogen (secondary N) is 2. The Labute approximate surface area is 121 Å². The molecule has 0 aliphatic heterocycles. The van der Waals surface area contributed by atoms with Crippen molar-refractivity contribution in [2.24, 2.45) is 11.8 Å². The van der Waals surface area contributed by atoms with Crippen LogP contribution in [0.4, 0.5) is 5.82 Å². The van der Waals surface area contributed by atoms with Crippen LogP contribution in [0.5, 0.6) is 0 Å². The normalized spacial score (nSPS) is 22.7. The lowest BCUT2D eigenvalue weighted by Crippen LogP contribution is -2.27. The molecule has 20 heavy (non-hydrogen) atoms. The Balaban J connectivity index is 1.76. The lowest BCUT2D eigenvalue weighted by atomic mass is 9.79. The van der Waals surface area contributed by atoms with E-state index < -0.39 is 0 Å². The zero-order chi connectivity index (χ0) is 14.4. The van der Waals surface area contributed by atoms with Crippen LogP contribution >= 0.6 is 0 Å². The Hall–Kier alpha value is -1.32. The highest BCUT2D eigenvalue weighted by Crippen LogP contribution is 2.32. The molecule has 1 aromatic heterocycles. The van der Waals surface area contributed by atoms with Gasteiger partial charge < -0.3 is 5.32 Å². The molecule has 0 aromatic carbocycles. The SMILES string of the molecule is CCCCC1CCC(C(=O)Nc2cc(CC)[nH]n2)CC1.